The first kappa shape index (κ1) is 17.7. The van der Waals surface area contributed by atoms with E-state index in [2.05, 4.69) is 10.1 Å². The van der Waals surface area contributed by atoms with Crippen molar-refractivity contribution in [3.05, 3.63) is 0 Å². The highest BCUT2D eigenvalue weighted by molar-refractivity contribution is 5.93. The van der Waals surface area contributed by atoms with Gasteiger partial charge in [-0.25, -0.2) is 0 Å². The first-order chi connectivity index (χ1) is 9.65. The Kier molecular flexibility index (Phi) is 5.61. The largest absolute Gasteiger partial charge is 0.522 e. The molecule has 122 valence electrons. The van der Waals surface area contributed by atoms with Gasteiger partial charge >= 0.3 is 6.36 Å². The molecule has 1 rings (SSSR count). The van der Waals surface area contributed by atoms with Gasteiger partial charge in [0, 0.05) is 19.0 Å². The van der Waals surface area contributed by atoms with Crippen LogP contribution in [-0.4, -0.2) is 47.8 Å². The van der Waals surface area contributed by atoms with Crippen LogP contribution >= 0.6 is 0 Å². The van der Waals surface area contributed by atoms with Crippen molar-refractivity contribution in [1.29, 1.82) is 0 Å². The molecule has 0 saturated carbocycles. The second kappa shape index (κ2) is 6.64. The van der Waals surface area contributed by atoms with Gasteiger partial charge in [0.05, 0.1) is 6.61 Å². The van der Waals surface area contributed by atoms with Crippen molar-refractivity contribution < 1.29 is 27.5 Å². The summed E-state index contributed by atoms with van der Waals surface area (Å²) in [7, 11) is 0. The molecule has 1 fully saturated rings. The first-order valence-electron chi connectivity index (χ1n) is 6.98. The molecule has 1 aliphatic heterocycles. The predicted molar refractivity (Wildman–Crippen MR) is 69.3 cm³/mol. The van der Waals surface area contributed by atoms with E-state index >= 15 is 0 Å². The monoisotopic (exact) mass is 310 g/mol. The second-order valence-electron chi connectivity index (χ2n) is 5.18. The van der Waals surface area contributed by atoms with Gasteiger partial charge < -0.3 is 10.2 Å². The molecule has 21 heavy (non-hydrogen) atoms. The van der Waals surface area contributed by atoms with Crippen LogP contribution in [0.4, 0.5) is 13.2 Å². The fourth-order valence-electron chi connectivity index (χ4n) is 2.54. The fraction of sp³-hybridized carbons (Fsp3) is 0.846. The molecule has 1 saturated heterocycles. The quantitative estimate of drug-likeness (QED) is 0.842. The maximum Gasteiger partial charge on any atom is 0.522 e. The van der Waals surface area contributed by atoms with Crippen molar-refractivity contribution in [2.75, 3.05) is 13.2 Å². The van der Waals surface area contributed by atoms with Crippen molar-refractivity contribution >= 4 is 11.8 Å². The Hall–Kier alpha value is -1.31. The zero-order valence-electron chi connectivity index (χ0n) is 12.4. The Bertz CT molecular complexity index is 395. The van der Waals surface area contributed by atoms with Crippen molar-refractivity contribution in [2.45, 2.75) is 58.0 Å². The lowest BCUT2D eigenvalue weighted by atomic mass is 9.91. The summed E-state index contributed by atoms with van der Waals surface area (Å²) in [5.74, 6) is -0.615. The van der Waals surface area contributed by atoms with Gasteiger partial charge in [0.15, 0.2) is 0 Å². The summed E-state index contributed by atoms with van der Waals surface area (Å²) in [6.45, 7) is 4.34. The average Bonchev–Trinajstić information content (AvgIpc) is 2.46. The van der Waals surface area contributed by atoms with Gasteiger partial charge in [-0.15, -0.1) is 13.2 Å². The van der Waals surface area contributed by atoms with Crippen molar-refractivity contribution in [1.82, 2.24) is 10.2 Å². The van der Waals surface area contributed by atoms with Crippen LogP contribution in [0.5, 0.6) is 0 Å². The van der Waals surface area contributed by atoms with Gasteiger partial charge in [-0.3, -0.25) is 14.3 Å². The molecule has 0 aliphatic carbocycles. The summed E-state index contributed by atoms with van der Waals surface area (Å²) in [5.41, 5.74) is -1.04. The number of rotatable bonds is 5. The third-order valence-electron chi connectivity index (χ3n) is 3.87. The molecular weight excluding hydrogens is 289 g/mol. The van der Waals surface area contributed by atoms with Crippen molar-refractivity contribution in [3.63, 3.8) is 0 Å². The molecule has 0 aromatic carbocycles. The van der Waals surface area contributed by atoms with Gasteiger partial charge in [-0.05, 0) is 19.8 Å². The molecule has 1 heterocycles. The lowest BCUT2D eigenvalue weighted by Gasteiger charge is -2.35. The van der Waals surface area contributed by atoms with E-state index in [0.29, 0.717) is 12.8 Å². The molecule has 1 aliphatic rings. The van der Waals surface area contributed by atoms with Crippen LogP contribution in [0.3, 0.4) is 0 Å². The number of carbonyl (C=O) groups excluding carboxylic acids is 2. The molecule has 2 amide bonds. The highest BCUT2D eigenvalue weighted by atomic mass is 19.4. The number of ether oxygens (including phenoxy) is 1. The molecule has 1 atom stereocenters. The topological polar surface area (TPSA) is 58.6 Å². The van der Waals surface area contributed by atoms with Gasteiger partial charge in [0.2, 0.25) is 11.8 Å². The van der Waals surface area contributed by atoms with Gasteiger partial charge in [-0.2, -0.15) is 0 Å². The van der Waals surface area contributed by atoms with E-state index in [1.54, 1.807) is 20.8 Å². The minimum Gasteiger partial charge on any atom is -0.342 e. The molecule has 1 unspecified atom stereocenters. The van der Waals surface area contributed by atoms with Crippen molar-refractivity contribution in [2.24, 2.45) is 0 Å². The minimum absolute atomic E-state index is 0.0690. The van der Waals surface area contributed by atoms with E-state index in [1.165, 1.54) is 4.90 Å². The molecule has 0 aromatic rings. The highest BCUT2D eigenvalue weighted by Crippen LogP contribution is 2.25. The number of halogens is 3. The maximum atomic E-state index is 12.6. The van der Waals surface area contributed by atoms with Crippen LogP contribution in [0.2, 0.25) is 0 Å². The first-order valence-corrected chi connectivity index (χ1v) is 6.98. The van der Waals surface area contributed by atoms with E-state index in [9.17, 15) is 22.8 Å². The van der Waals surface area contributed by atoms with E-state index in [1.807, 2.05) is 0 Å². The molecule has 0 aromatic heterocycles. The molecule has 5 nitrogen and oxygen atoms in total. The maximum absolute atomic E-state index is 12.6. The number of nitrogens with zero attached hydrogens (tertiary/aromatic N) is 1. The average molecular weight is 310 g/mol. The van der Waals surface area contributed by atoms with Crippen LogP contribution in [0.25, 0.3) is 0 Å². The third-order valence-corrected chi connectivity index (χ3v) is 3.87. The van der Waals surface area contributed by atoms with Crippen molar-refractivity contribution in [3.8, 4) is 0 Å². The molecule has 0 bridgehead atoms. The number of carbonyl (C=O) groups is 2. The third kappa shape index (κ3) is 4.33. The van der Waals surface area contributed by atoms with E-state index < -0.39 is 24.6 Å². The smallest absolute Gasteiger partial charge is 0.342 e. The summed E-state index contributed by atoms with van der Waals surface area (Å²) in [4.78, 5) is 25.8. The van der Waals surface area contributed by atoms with E-state index in [-0.39, 0.29) is 24.8 Å². The molecule has 8 heteroatoms. The van der Waals surface area contributed by atoms with Crippen LogP contribution in [0, 0.1) is 0 Å². The Balaban J connectivity index is 2.88. The lowest BCUT2D eigenvalue weighted by Crippen LogP contribution is -2.57. The Morgan fingerprint density at radius 1 is 1.33 bits per heavy atom. The zero-order chi connectivity index (χ0) is 16.3. The summed E-state index contributed by atoms with van der Waals surface area (Å²) in [6.07, 6.45) is -3.88. The number of nitrogens with one attached hydrogen (secondary N) is 1. The molecular formula is C13H21F3N2O3. The number of hydrogen-bond acceptors (Lipinski definition) is 3. The van der Waals surface area contributed by atoms with Crippen LogP contribution in [-0.2, 0) is 14.3 Å². The molecule has 1 N–H and O–H groups in total. The standard InChI is InChI=1S/C13H21F3N2O3/c1-4-12(5-2)11(20)18(6-7-21-13(14,15)16)9(3)8-10(19)17-12/h9H,4-8H2,1-3H3,(H,17,19). The van der Waals surface area contributed by atoms with E-state index in [0.717, 1.165) is 0 Å². The Morgan fingerprint density at radius 2 is 1.90 bits per heavy atom. The summed E-state index contributed by atoms with van der Waals surface area (Å²) >= 11 is 0. The Labute approximate surface area is 121 Å². The predicted octanol–water partition coefficient (Wildman–Crippen LogP) is 1.82. The number of hydrogen-bond donors (Lipinski definition) is 1. The van der Waals surface area contributed by atoms with Crippen LogP contribution in [0.1, 0.15) is 40.0 Å². The SMILES string of the molecule is CCC1(CC)NC(=O)CC(C)N(CCOC(F)(F)F)C1=O. The molecule has 0 spiro atoms. The van der Waals surface area contributed by atoms with Crippen LogP contribution in [0.15, 0.2) is 0 Å². The summed E-state index contributed by atoms with van der Waals surface area (Å²) in [6, 6.07) is -0.464. The number of alkyl halides is 3. The van der Waals surface area contributed by atoms with Gasteiger partial charge in [0.1, 0.15) is 5.54 Å². The van der Waals surface area contributed by atoms with Gasteiger partial charge in [-0.1, -0.05) is 13.8 Å². The fourth-order valence-corrected chi connectivity index (χ4v) is 2.54. The minimum atomic E-state index is -4.72. The lowest BCUT2D eigenvalue weighted by molar-refractivity contribution is -0.325. The zero-order valence-corrected chi connectivity index (χ0v) is 12.4. The summed E-state index contributed by atoms with van der Waals surface area (Å²) < 4.78 is 39.8. The molecule has 0 radical (unpaired) electrons. The Morgan fingerprint density at radius 3 is 2.38 bits per heavy atom. The highest BCUT2D eigenvalue weighted by Gasteiger charge is 2.44. The summed E-state index contributed by atoms with van der Waals surface area (Å²) in [5, 5.41) is 2.72. The van der Waals surface area contributed by atoms with Crippen LogP contribution < -0.4 is 5.32 Å². The normalized spacial score (nSPS) is 23.0. The number of amides is 2. The second-order valence-corrected chi connectivity index (χ2v) is 5.18. The van der Waals surface area contributed by atoms with E-state index in [4.69, 9.17) is 0 Å². The van der Waals surface area contributed by atoms with Gasteiger partial charge in [0.25, 0.3) is 0 Å².